The molecule has 1 atom stereocenters. The molecule has 0 aliphatic heterocycles. The molecule has 114 valence electrons. The predicted octanol–water partition coefficient (Wildman–Crippen LogP) is 2.63. The summed E-state index contributed by atoms with van der Waals surface area (Å²) < 4.78 is 16.0. The van der Waals surface area contributed by atoms with Crippen LogP contribution < -0.4 is 10.1 Å². The van der Waals surface area contributed by atoms with Crippen LogP contribution in [0.1, 0.15) is 29.7 Å². The van der Waals surface area contributed by atoms with Crippen molar-refractivity contribution < 1.29 is 14.2 Å². The molecule has 0 aliphatic carbocycles. The highest BCUT2D eigenvalue weighted by Gasteiger charge is 2.15. The zero-order chi connectivity index (χ0) is 15.0. The van der Waals surface area contributed by atoms with E-state index in [1.54, 1.807) is 14.2 Å². The van der Waals surface area contributed by atoms with E-state index in [4.69, 9.17) is 14.2 Å². The monoisotopic (exact) mass is 281 g/mol. The quantitative estimate of drug-likeness (QED) is 0.706. The standard InChI is InChI=1S/C16H27NO3/c1-6-17-15(11-20-8-7-18-4)14-9-13(3)16(19-5)10-12(14)2/h9-10,15,17H,6-8,11H2,1-5H3. The lowest BCUT2D eigenvalue weighted by Gasteiger charge is -2.22. The molecule has 0 fully saturated rings. The largest absolute Gasteiger partial charge is 0.496 e. The lowest BCUT2D eigenvalue weighted by molar-refractivity contribution is 0.0587. The van der Waals surface area contributed by atoms with Crippen molar-refractivity contribution in [2.45, 2.75) is 26.8 Å². The van der Waals surface area contributed by atoms with Gasteiger partial charge in [0.1, 0.15) is 5.75 Å². The number of likely N-dealkylation sites (N-methyl/N-ethyl adjacent to an activating group) is 1. The summed E-state index contributed by atoms with van der Waals surface area (Å²) in [5, 5.41) is 3.47. The van der Waals surface area contributed by atoms with Crippen molar-refractivity contribution in [3.8, 4) is 5.75 Å². The molecule has 0 amide bonds. The van der Waals surface area contributed by atoms with Gasteiger partial charge in [-0.3, -0.25) is 0 Å². The van der Waals surface area contributed by atoms with E-state index >= 15 is 0 Å². The van der Waals surface area contributed by atoms with Crippen molar-refractivity contribution in [2.75, 3.05) is 40.6 Å². The van der Waals surface area contributed by atoms with E-state index in [0.29, 0.717) is 19.8 Å². The van der Waals surface area contributed by atoms with E-state index < -0.39 is 0 Å². The molecule has 4 nitrogen and oxygen atoms in total. The van der Waals surface area contributed by atoms with Gasteiger partial charge in [0.25, 0.3) is 0 Å². The molecule has 0 saturated carbocycles. The summed E-state index contributed by atoms with van der Waals surface area (Å²) in [6.45, 7) is 9.07. The molecule has 0 radical (unpaired) electrons. The zero-order valence-corrected chi connectivity index (χ0v) is 13.3. The molecule has 0 aliphatic rings. The van der Waals surface area contributed by atoms with Crippen LogP contribution in [0.3, 0.4) is 0 Å². The first-order valence-electron chi connectivity index (χ1n) is 7.09. The van der Waals surface area contributed by atoms with Gasteiger partial charge in [-0.2, -0.15) is 0 Å². The van der Waals surface area contributed by atoms with Crippen LogP contribution in [0.2, 0.25) is 0 Å². The van der Waals surface area contributed by atoms with E-state index in [2.05, 4.69) is 38.2 Å². The summed E-state index contributed by atoms with van der Waals surface area (Å²) in [5.41, 5.74) is 3.63. The van der Waals surface area contributed by atoms with Crippen molar-refractivity contribution in [1.82, 2.24) is 5.32 Å². The molecule has 4 heteroatoms. The van der Waals surface area contributed by atoms with Crippen molar-refractivity contribution in [3.63, 3.8) is 0 Å². The Labute approximate surface area is 122 Å². The third-order valence-electron chi connectivity index (χ3n) is 3.33. The third-order valence-corrected chi connectivity index (χ3v) is 3.33. The maximum Gasteiger partial charge on any atom is 0.122 e. The third kappa shape index (κ3) is 4.78. The fraction of sp³-hybridized carbons (Fsp3) is 0.625. The van der Waals surface area contributed by atoms with E-state index in [0.717, 1.165) is 17.9 Å². The Balaban J connectivity index is 2.82. The van der Waals surface area contributed by atoms with E-state index in [1.165, 1.54) is 11.1 Å². The van der Waals surface area contributed by atoms with Crippen LogP contribution in [-0.4, -0.2) is 40.6 Å². The predicted molar refractivity (Wildman–Crippen MR) is 81.6 cm³/mol. The van der Waals surface area contributed by atoms with Gasteiger partial charge in [0, 0.05) is 7.11 Å². The summed E-state index contributed by atoms with van der Waals surface area (Å²) in [6.07, 6.45) is 0. The number of hydrogen-bond acceptors (Lipinski definition) is 4. The van der Waals surface area contributed by atoms with Gasteiger partial charge in [-0.15, -0.1) is 0 Å². The zero-order valence-electron chi connectivity index (χ0n) is 13.3. The maximum absolute atomic E-state index is 5.68. The molecular weight excluding hydrogens is 254 g/mol. The fourth-order valence-corrected chi connectivity index (χ4v) is 2.26. The minimum atomic E-state index is 0.196. The SMILES string of the molecule is CCNC(COCCOC)c1cc(C)c(OC)cc1C. The topological polar surface area (TPSA) is 39.7 Å². The molecule has 0 spiro atoms. The van der Waals surface area contributed by atoms with Gasteiger partial charge < -0.3 is 19.5 Å². The van der Waals surface area contributed by atoms with Gasteiger partial charge in [0.05, 0.1) is 33.0 Å². The molecule has 0 heterocycles. The van der Waals surface area contributed by atoms with Crippen molar-refractivity contribution in [2.24, 2.45) is 0 Å². The number of benzene rings is 1. The molecule has 1 aromatic carbocycles. The first-order chi connectivity index (χ1) is 9.63. The van der Waals surface area contributed by atoms with E-state index in [1.807, 2.05) is 0 Å². The molecule has 0 saturated heterocycles. The average molecular weight is 281 g/mol. The van der Waals surface area contributed by atoms with Crippen LogP contribution in [0.25, 0.3) is 0 Å². The molecule has 0 bridgehead atoms. The first kappa shape index (κ1) is 17.0. The summed E-state index contributed by atoms with van der Waals surface area (Å²) >= 11 is 0. The molecule has 1 N–H and O–H groups in total. The minimum Gasteiger partial charge on any atom is -0.496 e. The summed E-state index contributed by atoms with van der Waals surface area (Å²) in [6, 6.07) is 4.46. The number of hydrogen-bond donors (Lipinski definition) is 1. The lowest BCUT2D eigenvalue weighted by Crippen LogP contribution is -2.26. The Hall–Kier alpha value is -1.10. The van der Waals surface area contributed by atoms with E-state index in [9.17, 15) is 0 Å². The smallest absolute Gasteiger partial charge is 0.122 e. The van der Waals surface area contributed by atoms with Crippen molar-refractivity contribution in [1.29, 1.82) is 0 Å². The van der Waals surface area contributed by atoms with Crippen molar-refractivity contribution in [3.05, 3.63) is 28.8 Å². The lowest BCUT2D eigenvalue weighted by atomic mass is 9.98. The average Bonchev–Trinajstić information content (AvgIpc) is 2.44. The van der Waals surface area contributed by atoms with Crippen LogP contribution in [0.4, 0.5) is 0 Å². The van der Waals surface area contributed by atoms with Crippen molar-refractivity contribution >= 4 is 0 Å². The van der Waals surface area contributed by atoms with Crippen LogP contribution in [0.5, 0.6) is 5.75 Å². The normalized spacial score (nSPS) is 12.4. The van der Waals surface area contributed by atoms with Crippen LogP contribution in [0, 0.1) is 13.8 Å². The molecule has 1 rings (SSSR count). The van der Waals surface area contributed by atoms with Gasteiger partial charge in [-0.05, 0) is 43.1 Å². The molecule has 1 aromatic rings. The highest BCUT2D eigenvalue weighted by atomic mass is 16.5. The highest BCUT2D eigenvalue weighted by molar-refractivity contribution is 5.42. The minimum absolute atomic E-state index is 0.196. The van der Waals surface area contributed by atoms with Gasteiger partial charge >= 0.3 is 0 Å². The van der Waals surface area contributed by atoms with Gasteiger partial charge in [0.2, 0.25) is 0 Å². The van der Waals surface area contributed by atoms with Gasteiger partial charge in [-0.1, -0.05) is 13.0 Å². The Bertz CT molecular complexity index is 407. The number of aryl methyl sites for hydroxylation is 2. The number of nitrogens with one attached hydrogen (secondary N) is 1. The molecule has 0 aromatic heterocycles. The summed E-state index contributed by atoms with van der Waals surface area (Å²) in [4.78, 5) is 0. The first-order valence-corrected chi connectivity index (χ1v) is 7.09. The molecule has 1 unspecified atom stereocenters. The Morgan fingerprint density at radius 1 is 1.10 bits per heavy atom. The van der Waals surface area contributed by atoms with Crippen LogP contribution in [0.15, 0.2) is 12.1 Å². The molecule has 20 heavy (non-hydrogen) atoms. The Kier molecular flexibility index (Phi) is 7.59. The van der Waals surface area contributed by atoms with Gasteiger partial charge in [0.15, 0.2) is 0 Å². The van der Waals surface area contributed by atoms with Crippen LogP contribution >= 0.6 is 0 Å². The number of ether oxygens (including phenoxy) is 3. The number of methoxy groups -OCH3 is 2. The van der Waals surface area contributed by atoms with Crippen LogP contribution in [-0.2, 0) is 9.47 Å². The summed E-state index contributed by atoms with van der Waals surface area (Å²) in [7, 11) is 3.39. The summed E-state index contributed by atoms with van der Waals surface area (Å²) in [5.74, 6) is 0.932. The van der Waals surface area contributed by atoms with Gasteiger partial charge in [-0.25, -0.2) is 0 Å². The highest BCUT2D eigenvalue weighted by Crippen LogP contribution is 2.26. The van der Waals surface area contributed by atoms with E-state index in [-0.39, 0.29) is 6.04 Å². The maximum atomic E-state index is 5.68. The number of rotatable bonds is 9. The second-order valence-electron chi connectivity index (χ2n) is 4.86. The second kappa shape index (κ2) is 8.95. The molecular formula is C16H27NO3. The fourth-order valence-electron chi connectivity index (χ4n) is 2.26. The second-order valence-corrected chi connectivity index (χ2v) is 4.86. The Morgan fingerprint density at radius 2 is 1.85 bits per heavy atom. The Morgan fingerprint density at radius 3 is 2.45 bits per heavy atom.